The Morgan fingerprint density at radius 2 is 0.514 bits per heavy atom. The molecule has 184 valence electrons. The van der Waals surface area contributed by atoms with E-state index in [2.05, 4.69) is 0 Å². The summed E-state index contributed by atoms with van der Waals surface area (Å²) in [5, 5.41) is 0. The fourth-order valence-electron chi connectivity index (χ4n) is 3.03. The first-order valence-electron chi connectivity index (χ1n) is 9.71. The van der Waals surface area contributed by atoms with E-state index in [4.69, 9.17) is 26.5 Å². The first-order chi connectivity index (χ1) is 15.9. The second-order valence-corrected chi connectivity index (χ2v) is 10.4. The van der Waals surface area contributed by atoms with Gasteiger partial charge in [-0.2, -0.15) is 0 Å². The number of hydrogen-bond donors (Lipinski definition) is 0. The fourth-order valence-corrected chi connectivity index (χ4v) is 6.75. The summed E-state index contributed by atoms with van der Waals surface area (Å²) in [6, 6.07) is 22.9. The van der Waals surface area contributed by atoms with Crippen LogP contribution in [0.3, 0.4) is 0 Å². The molecule has 11 heteroatoms. The van der Waals surface area contributed by atoms with Crippen molar-refractivity contribution in [3.05, 3.63) is 110 Å². The van der Waals surface area contributed by atoms with Gasteiger partial charge < -0.3 is 51.3 Å². The van der Waals surface area contributed by atoms with Crippen LogP contribution < -0.4 is 57.8 Å². The van der Waals surface area contributed by atoms with Crippen LogP contribution in [0.1, 0.15) is 0 Å². The number of furan rings is 6. The van der Waals surface area contributed by atoms with Crippen LogP contribution in [0.5, 0.6) is 0 Å². The fraction of sp³-hybridized carbons (Fsp3) is 0. The smallest absolute Gasteiger partial charge is 1.00 e. The predicted molar refractivity (Wildman–Crippen MR) is 124 cm³/mol. The second-order valence-electron chi connectivity index (χ2n) is 6.38. The normalized spacial score (nSPS) is 10.1. The molecule has 0 saturated heterocycles. The van der Waals surface area contributed by atoms with Crippen LogP contribution in [-0.4, -0.2) is 0 Å². The van der Waals surface area contributed by atoms with Gasteiger partial charge in [-0.1, -0.05) is 0 Å². The molecular formula is C24H18Cl2O6P2Pd. The van der Waals surface area contributed by atoms with E-state index in [1.807, 2.05) is 72.8 Å². The second kappa shape index (κ2) is 14.4. The van der Waals surface area contributed by atoms with E-state index in [1.165, 1.54) is 0 Å². The van der Waals surface area contributed by atoms with Crippen molar-refractivity contribution in [2.24, 2.45) is 0 Å². The predicted octanol–water partition coefficient (Wildman–Crippen LogP) is -1.55. The zero-order valence-corrected chi connectivity index (χ0v) is 22.7. The van der Waals surface area contributed by atoms with Crippen molar-refractivity contribution < 1.29 is 71.7 Å². The summed E-state index contributed by atoms with van der Waals surface area (Å²) in [5.74, 6) is 0. The van der Waals surface area contributed by atoms with Crippen LogP contribution >= 0.6 is 15.8 Å². The van der Waals surface area contributed by atoms with Gasteiger partial charge in [0.15, 0.2) is 0 Å². The van der Waals surface area contributed by atoms with Crippen LogP contribution in [-0.2, 0) is 20.4 Å². The molecule has 6 heterocycles. The van der Waals surface area contributed by atoms with Crippen LogP contribution in [0.15, 0.2) is 137 Å². The molecule has 0 fully saturated rings. The maximum absolute atomic E-state index is 5.45. The average molecular weight is 642 g/mol. The Morgan fingerprint density at radius 3 is 0.629 bits per heavy atom. The third-order valence-corrected chi connectivity index (χ3v) is 8.53. The summed E-state index contributed by atoms with van der Waals surface area (Å²) in [5.41, 5.74) is 5.25. The molecule has 0 saturated carbocycles. The molecule has 0 aliphatic heterocycles. The molecule has 0 unspecified atom stereocenters. The van der Waals surface area contributed by atoms with Gasteiger partial charge in [0, 0.05) is 0 Å². The van der Waals surface area contributed by atoms with Gasteiger partial charge in [-0.3, -0.25) is 0 Å². The van der Waals surface area contributed by atoms with E-state index in [-0.39, 0.29) is 45.2 Å². The Kier molecular flexibility index (Phi) is 11.9. The maximum atomic E-state index is 5.45. The van der Waals surface area contributed by atoms with Gasteiger partial charge in [0.2, 0.25) is 0 Å². The Balaban J connectivity index is 0.000000227. The van der Waals surface area contributed by atoms with E-state index in [0.717, 1.165) is 33.0 Å². The molecular weight excluding hydrogens is 624 g/mol. The number of hydrogen-bond acceptors (Lipinski definition) is 6. The quantitative estimate of drug-likeness (QED) is 0.162. The zero-order valence-electron chi connectivity index (χ0n) is 17.8. The third-order valence-electron chi connectivity index (χ3n) is 4.36. The molecule has 6 rings (SSSR count). The summed E-state index contributed by atoms with van der Waals surface area (Å²) >= 11 is 0. The summed E-state index contributed by atoms with van der Waals surface area (Å²) in [6.45, 7) is 0. The molecule has 0 atom stereocenters. The Labute approximate surface area is 230 Å². The molecule has 0 radical (unpaired) electrons. The molecule has 0 amide bonds. The summed E-state index contributed by atoms with van der Waals surface area (Å²) in [6.07, 6.45) is 9.98. The minimum atomic E-state index is -0.835. The molecule has 0 aliphatic rings. The van der Waals surface area contributed by atoms with Gasteiger partial charge in [-0.05, 0) is 72.8 Å². The molecule has 6 aromatic heterocycles. The van der Waals surface area contributed by atoms with Crippen LogP contribution in [0, 0.1) is 0 Å². The minimum Gasteiger partial charge on any atom is -1.00 e. The van der Waals surface area contributed by atoms with Crippen molar-refractivity contribution in [2.45, 2.75) is 0 Å². The van der Waals surface area contributed by atoms with E-state index in [1.54, 1.807) is 37.6 Å². The summed E-state index contributed by atoms with van der Waals surface area (Å²) < 4.78 is 32.7. The van der Waals surface area contributed by atoms with Gasteiger partial charge >= 0.3 is 20.4 Å². The summed E-state index contributed by atoms with van der Waals surface area (Å²) in [4.78, 5) is 0. The molecule has 6 aromatic rings. The Morgan fingerprint density at radius 1 is 0.343 bits per heavy atom. The van der Waals surface area contributed by atoms with Crippen molar-refractivity contribution in [1.82, 2.24) is 0 Å². The number of rotatable bonds is 6. The molecule has 0 N–H and O–H groups in total. The van der Waals surface area contributed by atoms with Crippen molar-refractivity contribution in [2.75, 3.05) is 0 Å². The van der Waals surface area contributed by atoms with Crippen molar-refractivity contribution in [3.8, 4) is 0 Å². The monoisotopic (exact) mass is 640 g/mol. The first kappa shape index (κ1) is 29.0. The van der Waals surface area contributed by atoms with Crippen molar-refractivity contribution >= 4 is 48.9 Å². The summed E-state index contributed by atoms with van der Waals surface area (Å²) in [7, 11) is -1.67. The molecule has 0 aromatic carbocycles. The number of halogens is 2. The standard InChI is InChI=1S/2C12H9O3P.2ClH.Pd/c2*1-4-10(13-7-1)16(11-5-2-8-14-11)12-6-3-9-15-12;;;/h2*1-9H;2*1H;/q;;;;+2/p-2. The van der Waals surface area contributed by atoms with Gasteiger partial charge in [0.25, 0.3) is 0 Å². The van der Waals surface area contributed by atoms with E-state index >= 15 is 0 Å². The van der Waals surface area contributed by atoms with Crippen molar-refractivity contribution in [3.63, 3.8) is 0 Å². The largest absolute Gasteiger partial charge is 2.00 e. The molecule has 0 spiro atoms. The van der Waals surface area contributed by atoms with Crippen LogP contribution in [0.25, 0.3) is 0 Å². The Hall–Kier alpha value is -2.22. The maximum Gasteiger partial charge on any atom is 2.00 e. The van der Waals surface area contributed by atoms with Gasteiger partial charge in [0.05, 0.1) is 37.6 Å². The molecule has 6 nitrogen and oxygen atoms in total. The van der Waals surface area contributed by atoms with Gasteiger partial charge in [0.1, 0.15) is 48.9 Å². The van der Waals surface area contributed by atoms with E-state index < -0.39 is 15.8 Å². The minimum absolute atomic E-state index is 0. The third kappa shape index (κ3) is 6.93. The van der Waals surface area contributed by atoms with Crippen LogP contribution in [0.4, 0.5) is 0 Å². The van der Waals surface area contributed by atoms with E-state index in [0.29, 0.717) is 0 Å². The Bertz CT molecular complexity index is 1000. The molecule has 35 heavy (non-hydrogen) atoms. The molecule has 0 aliphatic carbocycles. The van der Waals surface area contributed by atoms with Gasteiger partial charge in [-0.15, -0.1) is 0 Å². The van der Waals surface area contributed by atoms with E-state index in [9.17, 15) is 0 Å². The van der Waals surface area contributed by atoms with Gasteiger partial charge in [-0.25, -0.2) is 0 Å². The topological polar surface area (TPSA) is 78.8 Å². The zero-order chi connectivity index (χ0) is 21.6. The first-order valence-corrected chi connectivity index (χ1v) is 12.4. The molecule has 0 bridgehead atoms. The van der Waals surface area contributed by atoms with Crippen molar-refractivity contribution in [1.29, 1.82) is 0 Å². The van der Waals surface area contributed by atoms with Crippen LogP contribution in [0.2, 0.25) is 0 Å². The SMILES string of the molecule is [Cl-].[Cl-].[Pd+2].c1coc(P(c2ccco2)c2ccco2)c1.c1coc(P(c2ccco2)c2ccco2)c1. The average Bonchev–Trinajstić information content (AvgIpc) is 3.67.